The normalized spacial score (nSPS) is 12.8. The first kappa shape index (κ1) is 25.1. The van der Waals surface area contributed by atoms with E-state index in [0.717, 1.165) is 42.6 Å². The van der Waals surface area contributed by atoms with E-state index in [-0.39, 0.29) is 11.3 Å². The van der Waals surface area contributed by atoms with Gasteiger partial charge in [-0.05, 0) is 36.1 Å². The molecule has 3 aromatic carbocycles. The van der Waals surface area contributed by atoms with E-state index in [0.29, 0.717) is 16.5 Å². The molecule has 1 aliphatic rings. The minimum Gasteiger partial charge on any atom is -0.452 e. The SMILES string of the molecule is O=C(COC(=O)c1ccc(N2CCCC2)c([N+](=O)[O-])c1)Nc1nc(-c2ccc(-c3ccccc3)cc2)cs1. The smallest absolute Gasteiger partial charge is 0.338 e. The second kappa shape index (κ2) is 11.2. The molecule has 0 spiro atoms. The Balaban J connectivity index is 1.17. The summed E-state index contributed by atoms with van der Waals surface area (Å²) in [5.74, 6) is -1.36. The van der Waals surface area contributed by atoms with Gasteiger partial charge >= 0.3 is 5.97 Å². The van der Waals surface area contributed by atoms with Crippen LogP contribution in [0.1, 0.15) is 23.2 Å². The number of ether oxygens (including phenoxy) is 1. The van der Waals surface area contributed by atoms with Crippen LogP contribution in [0.25, 0.3) is 22.4 Å². The number of amides is 1. The molecule has 5 rings (SSSR count). The van der Waals surface area contributed by atoms with Crippen molar-refractivity contribution in [2.24, 2.45) is 0 Å². The van der Waals surface area contributed by atoms with Gasteiger partial charge in [0.15, 0.2) is 11.7 Å². The molecule has 2 heterocycles. The molecule has 0 bridgehead atoms. The van der Waals surface area contributed by atoms with Crippen LogP contribution in [0, 0.1) is 10.1 Å². The molecular formula is C28H24N4O5S. The number of nitro benzene ring substituents is 1. The fourth-order valence-corrected chi connectivity index (χ4v) is 5.06. The van der Waals surface area contributed by atoms with Crippen molar-refractivity contribution in [3.63, 3.8) is 0 Å². The zero-order valence-electron chi connectivity index (χ0n) is 20.3. The number of hydrogen-bond donors (Lipinski definition) is 1. The van der Waals surface area contributed by atoms with E-state index in [2.05, 4.69) is 10.3 Å². The Morgan fingerprint density at radius 3 is 2.37 bits per heavy atom. The lowest BCUT2D eigenvalue weighted by atomic mass is 10.0. The molecule has 4 aromatic rings. The molecular weight excluding hydrogens is 504 g/mol. The summed E-state index contributed by atoms with van der Waals surface area (Å²) in [5.41, 5.74) is 4.18. The Kier molecular flexibility index (Phi) is 7.41. The number of carbonyl (C=O) groups excluding carboxylic acids is 2. The van der Waals surface area contributed by atoms with E-state index >= 15 is 0 Å². The standard InChI is InChI=1S/C28H24N4O5S/c33-26(17-37-27(34)22-12-13-24(25(16-22)32(35)36)31-14-4-5-15-31)30-28-29-23(18-38-28)21-10-8-20(9-11-21)19-6-2-1-3-7-19/h1-3,6-13,16,18H,4-5,14-15,17H2,(H,29,30,33). The summed E-state index contributed by atoms with van der Waals surface area (Å²) in [5, 5.41) is 16.4. The molecule has 0 radical (unpaired) electrons. The maximum atomic E-state index is 12.5. The third-order valence-corrected chi connectivity index (χ3v) is 6.98. The zero-order chi connectivity index (χ0) is 26.5. The average molecular weight is 529 g/mol. The van der Waals surface area contributed by atoms with Crippen LogP contribution < -0.4 is 10.2 Å². The topological polar surface area (TPSA) is 115 Å². The van der Waals surface area contributed by atoms with Crippen molar-refractivity contribution in [3.05, 3.63) is 93.9 Å². The first-order valence-corrected chi connectivity index (χ1v) is 13.0. The number of thiazole rings is 1. The highest BCUT2D eigenvalue weighted by Crippen LogP contribution is 2.32. The van der Waals surface area contributed by atoms with Gasteiger partial charge in [-0.25, -0.2) is 9.78 Å². The van der Waals surface area contributed by atoms with Crippen molar-refractivity contribution >= 4 is 39.7 Å². The van der Waals surface area contributed by atoms with Gasteiger partial charge in [0.05, 0.1) is 16.2 Å². The molecule has 1 fully saturated rings. The summed E-state index contributed by atoms with van der Waals surface area (Å²) in [7, 11) is 0. The third-order valence-electron chi connectivity index (χ3n) is 6.23. The van der Waals surface area contributed by atoms with Crippen LogP contribution in [0.5, 0.6) is 0 Å². The predicted octanol–water partition coefficient (Wildman–Crippen LogP) is 5.78. The summed E-state index contributed by atoms with van der Waals surface area (Å²) in [4.78, 5) is 42.3. The summed E-state index contributed by atoms with van der Waals surface area (Å²) in [6.07, 6.45) is 1.94. The van der Waals surface area contributed by atoms with Crippen molar-refractivity contribution < 1.29 is 19.2 Å². The Labute approximate surface area is 222 Å². The van der Waals surface area contributed by atoms with Gasteiger partial charge in [-0.3, -0.25) is 20.2 Å². The highest BCUT2D eigenvalue weighted by Gasteiger charge is 2.24. The molecule has 10 heteroatoms. The second-order valence-corrected chi connectivity index (χ2v) is 9.62. The molecule has 1 N–H and O–H groups in total. The highest BCUT2D eigenvalue weighted by molar-refractivity contribution is 7.14. The molecule has 1 saturated heterocycles. The number of hydrogen-bond acceptors (Lipinski definition) is 8. The van der Waals surface area contributed by atoms with E-state index in [9.17, 15) is 19.7 Å². The maximum absolute atomic E-state index is 12.5. The lowest BCUT2D eigenvalue weighted by Crippen LogP contribution is -2.21. The van der Waals surface area contributed by atoms with Gasteiger partial charge in [-0.2, -0.15) is 0 Å². The molecule has 192 valence electrons. The van der Waals surface area contributed by atoms with Gasteiger partial charge in [-0.15, -0.1) is 11.3 Å². The van der Waals surface area contributed by atoms with E-state index in [4.69, 9.17) is 4.74 Å². The van der Waals surface area contributed by atoms with E-state index in [1.165, 1.54) is 23.5 Å². The summed E-state index contributed by atoms with van der Waals surface area (Å²) < 4.78 is 5.10. The number of esters is 1. The largest absolute Gasteiger partial charge is 0.452 e. The summed E-state index contributed by atoms with van der Waals surface area (Å²) in [6, 6.07) is 22.3. The van der Waals surface area contributed by atoms with Crippen LogP contribution in [-0.4, -0.2) is 41.5 Å². The van der Waals surface area contributed by atoms with Crippen LogP contribution in [0.15, 0.2) is 78.2 Å². The average Bonchev–Trinajstić information content (AvgIpc) is 3.65. The molecule has 0 aliphatic carbocycles. The predicted molar refractivity (Wildman–Crippen MR) is 146 cm³/mol. The molecule has 0 unspecified atom stereocenters. The fourth-order valence-electron chi connectivity index (χ4n) is 4.32. The van der Waals surface area contributed by atoms with Gasteiger partial charge in [0, 0.05) is 30.1 Å². The Morgan fingerprint density at radius 2 is 1.66 bits per heavy atom. The number of nitrogens with zero attached hydrogens (tertiary/aromatic N) is 3. The number of carbonyl (C=O) groups is 2. The lowest BCUT2D eigenvalue weighted by Gasteiger charge is -2.17. The minimum atomic E-state index is -0.811. The van der Waals surface area contributed by atoms with Gasteiger partial charge in [0.1, 0.15) is 5.69 Å². The van der Waals surface area contributed by atoms with Crippen molar-refractivity contribution in [3.8, 4) is 22.4 Å². The number of anilines is 2. The molecule has 0 atom stereocenters. The Morgan fingerprint density at radius 1 is 0.974 bits per heavy atom. The van der Waals surface area contributed by atoms with E-state index < -0.39 is 23.4 Å². The van der Waals surface area contributed by atoms with Crippen LogP contribution in [0.3, 0.4) is 0 Å². The highest BCUT2D eigenvalue weighted by atomic mass is 32.1. The Hall–Kier alpha value is -4.57. The Bertz CT molecular complexity index is 1460. The van der Waals surface area contributed by atoms with Crippen LogP contribution >= 0.6 is 11.3 Å². The van der Waals surface area contributed by atoms with Gasteiger partial charge < -0.3 is 9.64 Å². The minimum absolute atomic E-state index is 0.0166. The quantitative estimate of drug-likeness (QED) is 0.175. The zero-order valence-corrected chi connectivity index (χ0v) is 21.1. The molecule has 1 amide bonds. The van der Waals surface area contributed by atoms with Crippen molar-refractivity contribution in [2.45, 2.75) is 12.8 Å². The molecule has 9 nitrogen and oxygen atoms in total. The number of nitrogens with one attached hydrogen (secondary N) is 1. The van der Waals surface area contributed by atoms with Crippen molar-refractivity contribution in [1.82, 2.24) is 4.98 Å². The molecule has 1 aromatic heterocycles. The number of rotatable bonds is 8. The number of nitro groups is 1. The van der Waals surface area contributed by atoms with Crippen LogP contribution in [0.4, 0.5) is 16.5 Å². The van der Waals surface area contributed by atoms with E-state index in [1.807, 2.05) is 64.9 Å². The molecule has 38 heavy (non-hydrogen) atoms. The molecule has 1 aliphatic heterocycles. The summed E-state index contributed by atoms with van der Waals surface area (Å²) >= 11 is 1.26. The number of benzene rings is 3. The maximum Gasteiger partial charge on any atom is 0.338 e. The van der Waals surface area contributed by atoms with E-state index in [1.54, 1.807) is 6.07 Å². The van der Waals surface area contributed by atoms with Gasteiger partial charge in [0.2, 0.25) is 0 Å². The summed E-state index contributed by atoms with van der Waals surface area (Å²) in [6.45, 7) is 0.936. The first-order chi connectivity index (χ1) is 18.5. The monoisotopic (exact) mass is 528 g/mol. The van der Waals surface area contributed by atoms with Crippen molar-refractivity contribution in [1.29, 1.82) is 0 Å². The third kappa shape index (κ3) is 5.70. The second-order valence-electron chi connectivity index (χ2n) is 8.76. The molecule has 0 saturated carbocycles. The van der Waals surface area contributed by atoms with Crippen molar-refractivity contribution in [2.75, 3.05) is 29.9 Å². The van der Waals surface area contributed by atoms with Crippen LogP contribution in [-0.2, 0) is 9.53 Å². The lowest BCUT2D eigenvalue weighted by molar-refractivity contribution is -0.384. The fraction of sp³-hybridized carbons (Fsp3) is 0.179. The first-order valence-electron chi connectivity index (χ1n) is 12.1. The van der Waals surface area contributed by atoms with Gasteiger partial charge in [-0.1, -0.05) is 54.6 Å². The van der Waals surface area contributed by atoms with Gasteiger partial charge in [0.25, 0.3) is 11.6 Å². The van der Waals surface area contributed by atoms with Crippen LogP contribution in [0.2, 0.25) is 0 Å². The number of aromatic nitrogens is 1.